The van der Waals surface area contributed by atoms with Crippen molar-refractivity contribution in [2.24, 2.45) is 0 Å². The van der Waals surface area contributed by atoms with E-state index in [2.05, 4.69) is 26.0 Å². The Morgan fingerprint density at radius 2 is 1.45 bits per heavy atom. The van der Waals surface area contributed by atoms with E-state index in [0.29, 0.717) is 0 Å². The first-order chi connectivity index (χ1) is 5.41. The van der Waals surface area contributed by atoms with Gasteiger partial charge in [-0.25, -0.2) is 0 Å². The Labute approximate surface area is 77.2 Å². The summed E-state index contributed by atoms with van der Waals surface area (Å²) in [7, 11) is 0. The molecule has 0 rings (SSSR count). The maximum Gasteiger partial charge on any atom is -0.00979 e. The second-order valence-corrected chi connectivity index (χ2v) is 3.49. The highest BCUT2D eigenvalue weighted by atomic mass is 32.1. The smallest absolute Gasteiger partial charge is 0.00979 e. The van der Waals surface area contributed by atoms with Crippen LogP contribution < -0.4 is 0 Å². The Morgan fingerprint density at radius 1 is 0.909 bits per heavy atom. The van der Waals surface area contributed by atoms with Gasteiger partial charge < -0.3 is 0 Å². The highest BCUT2D eigenvalue weighted by molar-refractivity contribution is 7.80. The lowest BCUT2D eigenvalue weighted by Gasteiger charge is -1.98. The molecule has 0 amide bonds. The molecule has 0 bridgehead atoms. The van der Waals surface area contributed by atoms with E-state index >= 15 is 0 Å². The standard InChI is InChI=1S/C10H21S/c1-2-3-4-5-6-7-8-9-10-11/h2,11H,3-10H2,1H3. The van der Waals surface area contributed by atoms with Crippen molar-refractivity contribution < 1.29 is 0 Å². The molecule has 0 atom stereocenters. The summed E-state index contributed by atoms with van der Waals surface area (Å²) in [6.45, 7) is 2.14. The molecule has 0 aliphatic carbocycles. The molecule has 0 heterocycles. The monoisotopic (exact) mass is 173 g/mol. The van der Waals surface area contributed by atoms with Crippen LogP contribution in [0.15, 0.2) is 0 Å². The molecule has 0 aliphatic rings. The van der Waals surface area contributed by atoms with E-state index in [1.54, 1.807) is 0 Å². The summed E-state index contributed by atoms with van der Waals surface area (Å²) in [5.74, 6) is 1.06. The third-order valence-corrected chi connectivity index (χ3v) is 2.22. The summed E-state index contributed by atoms with van der Waals surface area (Å²) >= 11 is 4.17. The van der Waals surface area contributed by atoms with Gasteiger partial charge in [0.2, 0.25) is 0 Å². The molecule has 0 nitrogen and oxygen atoms in total. The summed E-state index contributed by atoms with van der Waals surface area (Å²) in [6, 6.07) is 0. The van der Waals surface area contributed by atoms with Gasteiger partial charge in [0, 0.05) is 0 Å². The minimum atomic E-state index is 1.06. The topological polar surface area (TPSA) is 0 Å². The Morgan fingerprint density at radius 3 is 2.00 bits per heavy atom. The van der Waals surface area contributed by atoms with Crippen LogP contribution in [-0.2, 0) is 0 Å². The van der Waals surface area contributed by atoms with Crippen LogP contribution in [-0.4, -0.2) is 5.75 Å². The molecule has 0 aromatic heterocycles. The van der Waals surface area contributed by atoms with E-state index in [1.165, 1.54) is 44.9 Å². The van der Waals surface area contributed by atoms with Gasteiger partial charge in [0.25, 0.3) is 0 Å². The van der Waals surface area contributed by atoms with Crippen LogP contribution in [0.2, 0.25) is 0 Å². The zero-order valence-electron chi connectivity index (χ0n) is 7.68. The molecule has 0 spiro atoms. The number of unbranched alkanes of at least 4 members (excludes halogenated alkanes) is 7. The highest BCUT2D eigenvalue weighted by Gasteiger charge is 1.89. The molecule has 67 valence electrons. The van der Waals surface area contributed by atoms with Crippen LogP contribution >= 0.6 is 12.6 Å². The van der Waals surface area contributed by atoms with Crippen molar-refractivity contribution in [2.75, 3.05) is 5.75 Å². The summed E-state index contributed by atoms with van der Waals surface area (Å²) in [5.41, 5.74) is 0. The van der Waals surface area contributed by atoms with Gasteiger partial charge >= 0.3 is 0 Å². The highest BCUT2D eigenvalue weighted by Crippen LogP contribution is 2.07. The van der Waals surface area contributed by atoms with Crippen LogP contribution in [0, 0.1) is 6.42 Å². The SMILES string of the molecule is C[CH]CCCCCCCCS. The predicted octanol–water partition coefficient (Wildman–Crippen LogP) is 3.87. The molecule has 1 radical (unpaired) electrons. The molecule has 11 heavy (non-hydrogen) atoms. The Balaban J connectivity index is 2.69. The van der Waals surface area contributed by atoms with E-state index in [-0.39, 0.29) is 0 Å². The van der Waals surface area contributed by atoms with E-state index in [1.807, 2.05) is 0 Å². The number of hydrogen-bond acceptors (Lipinski definition) is 1. The van der Waals surface area contributed by atoms with Crippen LogP contribution in [0.4, 0.5) is 0 Å². The molecule has 0 aliphatic heterocycles. The minimum Gasteiger partial charge on any atom is -0.179 e. The van der Waals surface area contributed by atoms with Crippen molar-refractivity contribution >= 4 is 12.6 Å². The lowest BCUT2D eigenvalue weighted by molar-refractivity contribution is 0.607. The molecule has 0 fully saturated rings. The van der Waals surface area contributed by atoms with Crippen molar-refractivity contribution in [3.63, 3.8) is 0 Å². The molecular weight excluding hydrogens is 152 g/mol. The number of rotatable bonds is 8. The minimum absolute atomic E-state index is 1.06. The molecule has 0 aromatic carbocycles. The molecule has 0 aromatic rings. The number of hydrogen-bond donors (Lipinski definition) is 1. The van der Waals surface area contributed by atoms with Crippen molar-refractivity contribution in [1.29, 1.82) is 0 Å². The molecule has 0 saturated carbocycles. The average molecular weight is 173 g/mol. The Hall–Kier alpha value is 0.350. The fraction of sp³-hybridized carbons (Fsp3) is 0.900. The van der Waals surface area contributed by atoms with Crippen LogP contribution in [0.5, 0.6) is 0 Å². The van der Waals surface area contributed by atoms with Gasteiger partial charge in [-0.15, -0.1) is 0 Å². The van der Waals surface area contributed by atoms with Crippen LogP contribution in [0.25, 0.3) is 0 Å². The molecule has 0 N–H and O–H groups in total. The van der Waals surface area contributed by atoms with Gasteiger partial charge in [-0.2, -0.15) is 12.6 Å². The fourth-order valence-corrected chi connectivity index (χ4v) is 1.39. The molecule has 0 saturated heterocycles. The first-order valence-electron chi connectivity index (χ1n) is 4.80. The first-order valence-corrected chi connectivity index (χ1v) is 5.43. The van der Waals surface area contributed by atoms with E-state index in [9.17, 15) is 0 Å². The fourth-order valence-electron chi connectivity index (χ4n) is 1.17. The second-order valence-electron chi connectivity index (χ2n) is 3.04. The van der Waals surface area contributed by atoms with E-state index in [0.717, 1.165) is 5.75 Å². The van der Waals surface area contributed by atoms with Gasteiger partial charge in [0.05, 0.1) is 0 Å². The van der Waals surface area contributed by atoms with Crippen molar-refractivity contribution in [2.45, 2.75) is 51.9 Å². The van der Waals surface area contributed by atoms with Crippen molar-refractivity contribution in [3.05, 3.63) is 6.42 Å². The zero-order valence-corrected chi connectivity index (χ0v) is 8.58. The van der Waals surface area contributed by atoms with Gasteiger partial charge in [0.1, 0.15) is 0 Å². The normalized spacial score (nSPS) is 10.4. The van der Waals surface area contributed by atoms with Crippen LogP contribution in [0.1, 0.15) is 51.9 Å². The van der Waals surface area contributed by atoms with Crippen molar-refractivity contribution in [1.82, 2.24) is 0 Å². The third kappa shape index (κ3) is 10.4. The summed E-state index contributed by atoms with van der Waals surface area (Å²) in [5, 5.41) is 0. The van der Waals surface area contributed by atoms with Gasteiger partial charge in [-0.1, -0.05) is 45.4 Å². The quantitative estimate of drug-likeness (QED) is 0.418. The second kappa shape index (κ2) is 10.3. The number of thiol groups is 1. The summed E-state index contributed by atoms with van der Waals surface area (Å²) in [6.07, 6.45) is 11.9. The third-order valence-electron chi connectivity index (χ3n) is 1.90. The first kappa shape index (κ1) is 11.4. The Kier molecular flexibility index (Phi) is 10.7. The van der Waals surface area contributed by atoms with Gasteiger partial charge in [0.15, 0.2) is 0 Å². The lowest BCUT2D eigenvalue weighted by atomic mass is 10.1. The van der Waals surface area contributed by atoms with E-state index in [4.69, 9.17) is 0 Å². The molecule has 1 heteroatoms. The maximum absolute atomic E-state index is 4.17. The van der Waals surface area contributed by atoms with Crippen molar-refractivity contribution in [3.8, 4) is 0 Å². The molecular formula is C10H21S. The maximum atomic E-state index is 4.17. The lowest BCUT2D eigenvalue weighted by Crippen LogP contribution is -1.80. The van der Waals surface area contributed by atoms with Gasteiger partial charge in [-0.05, 0) is 18.6 Å². The van der Waals surface area contributed by atoms with Gasteiger partial charge in [-0.3, -0.25) is 0 Å². The average Bonchev–Trinajstić information content (AvgIpc) is 2.03. The van der Waals surface area contributed by atoms with Crippen LogP contribution in [0.3, 0.4) is 0 Å². The predicted molar refractivity (Wildman–Crippen MR) is 56.1 cm³/mol. The Bertz CT molecular complexity index is 53.9. The zero-order chi connectivity index (χ0) is 8.36. The summed E-state index contributed by atoms with van der Waals surface area (Å²) in [4.78, 5) is 0. The van der Waals surface area contributed by atoms with E-state index < -0.39 is 0 Å². The summed E-state index contributed by atoms with van der Waals surface area (Å²) < 4.78 is 0. The largest absolute Gasteiger partial charge is 0.179 e. The molecule has 0 unspecified atom stereocenters.